The Labute approximate surface area is 167 Å². The van der Waals surface area contributed by atoms with Crippen molar-refractivity contribution in [2.75, 3.05) is 25.5 Å². The van der Waals surface area contributed by atoms with Gasteiger partial charge in [-0.15, -0.1) is 0 Å². The Morgan fingerprint density at radius 1 is 1.11 bits per heavy atom. The number of nitrogens with zero attached hydrogens (tertiary/aromatic N) is 1. The van der Waals surface area contributed by atoms with Crippen LogP contribution in [0.2, 0.25) is 0 Å². The molecular weight excluding hydrogens is 350 g/mol. The van der Waals surface area contributed by atoms with Gasteiger partial charge in [-0.3, -0.25) is 9.78 Å². The number of nitrogens with one attached hydrogen (secondary N) is 2. The molecule has 148 valence electrons. The number of carbonyl (C=O) groups is 1. The molecule has 2 aromatic rings. The molecule has 5 nitrogen and oxygen atoms in total. The highest BCUT2D eigenvalue weighted by Gasteiger charge is 2.08. The Kier molecular flexibility index (Phi) is 7.47. The lowest BCUT2D eigenvalue weighted by Gasteiger charge is -2.13. The normalized spacial score (nSPS) is 13.5. The van der Waals surface area contributed by atoms with E-state index in [4.69, 9.17) is 4.74 Å². The van der Waals surface area contributed by atoms with Crippen LogP contribution in [0.5, 0.6) is 5.75 Å². The number of ether oxygens (including phenoxy) is 1. The Morgan fingerprint density at radius 2 is 1.96 bits per heavy atom. The lowest BCUT2D eigenvalue weighted by molar-refractivity contribution is 0.0953. The zero-order valence-corrected chi connectivity index (χ0v) is 16.5. The quantitative estimate of drug-likeness (QED) is 0.635. The second-order valence-electron chi connectivity index (χ2n) is 7.10. The van der Waals surface area contributed by atoms with Gasteiger partial charge in [-0.1, -0.05) is 23.8 Å². The highest BCUT2D eigenvalue weighted by molar-refractivity contribution is 5.94. The zero-order chi connectivity index (χ0) is 19.6. The van der Waals surface area contributed by atoms with Crippen LogP contribution in [0.3, 0.4) is 0 Å². The Balaban J connectivity index is 1.44. The summed E-state index contributed by atoms with van der Waals surface area (Å²) in [5.74, 6) is 0.794. The van der Waals surface area contributed by atoms with Crippen molar-refractivity contribution < 1.29 is 9.53 Å². The van der Waals surface area contributed by atoms with E-state index in [1.54, 1.807) is 19.5 Å². The summed E-state index contributed by atoms with van der Waals surface area (Å²) in [6.45, 7) is 1.45. The van der Waals surface area contributed by atoms with Crippen LogP contribution in [-0.2, 0) is 6.42 Å². The third-order valence-corrected chi connectivity index (χ3v) is 5.02. The van der Waals surface area contributed by atoms with Gasteiger partial charge in [0.2, 0.25) is 0 Å². The largest absolute Gasteiger partial charge is 0.497 e. The third-order valence-electron chi connectivity index (χ3n) is 5.02. The van der Waals surface area contributed by atoms with Gasteiger partial charge < -0.3 is 15.4 Å². The summed E-state index contributed by atoms with van der Waals surface area (Å²) in [5.41, 5.74) is 4.15. The molecule has 1 aliphatic rings. The predicted molar refractivity (Wildman–Crippen MR) is 113 cm³/mol. The van der Waals surface area contributed by atoms with Crippen LogP contribution in [0, 0.1) is 0 Å². The van der Waals surface area contributed by atoms with Crippen LogP contribution in [0.15, 0.2) is 54.4 Å². The number of hydrogen-bond donors (Lipinski definition) is 2. The topological polar surface area (TPSA) is 63.2 Å². The number of pyridine rings is 1. The maximum Gasteiger partial charge on any atom is 0.252 e. The van der Waals surface area contributed by atoms with E-state index >= 15 is 0 Å². The summed E-state index contributed by atoms with van der Waals surface area (Å²) in [6.07, 6.45) is 12.4. The molecule has 0 saturated carbocycles. The minimum atomic E-state index is -0.0669. The van der Waals surface area contributed by atoms with Crippen molar-refractivity contribution in [1.82, 2.24) is 10.3 Å². The summed E-state index contributed by atoms with van der Waals surface area (Å²) in [7, 11) is 1.67. The molecule has 0 fully saturated rings. The summed E-state index contributed by atoms with van der Waals surface area (Å²) in [4.78, 5) is 16.6. The molecule has 1 amide bonds. The van der Waals surface area contributed by atoms with Gasteiger partial charge in [-0.05, 0) is 62.3 Å². The van der Waals surface area contributed by atoms with Crippen molar-refractivity contribution in [3.63, 3.8) is 0 Å². The number of carbonyl (C=O) groups excluding carboxylic acids is 1. The molecular formula is C23H29N3O2. The Bertz CT molecular complexity index is 800. The number of amides is 1. The second-order valence-corrected chi connectivity index (χ2v) is 7.10. The first-order valence-electron chi connectivity index (χ1n) is 10.0. The van der Waals surface area contributed by atoms with E-state index in [9.17, 15) is 4.79 Å². The van der Waals surface area contributed by atoms with Crippen molar-refractivity contribution in [2.24, 2.45) is 0 Å². The third kappa shape index (κ3) is 6.12. The van der Waals surface area contributed by atoms with Gasteiger partial charge in [0.15, 0.2) is 0 Å². The maximum atomic E-state index is 12.4. The smallest absolute Gasteiger partial charge is 0.252 e. The van der Waals surface area contributed by atoms with E-state index < -0.39 is 0 Å². The van der Waals surface area contributed by atoms with E-state index in [0.29, 0.717) is 12.1 Å². The molecule has 28 heavy (non-hydrogen) atoms. The fourth-order valence-corrected chi connectivity index (χ4v) is 3.37. The number of benzene rings is 1. The monoisotopic (exact) mass is 379 g/mol. The van der Waals surface area contributed by atoms with E-state index in [1.807, 2.05) is 18.2 Å². The van der Waals surface area contributed by atoms with Crippen molar-refractivity contribution >= 4 is 11.6 Å². The fraction of sp³-hybridized carbons (Fsp3) is 0.391. The Hall–Kier alpha value is -2.82. The number of rotatable bonds is 9. The number of anilines is 1. The maximum absolute atomic E-state index is 12.4. The predicted octanol–water partition coefficient (Wildman–Crippen LogP) is 4.37. The van der Waals surface area contributed by atoms with Gasteiger partial charge in [0.25, 0.3) is 5.91 Å². The molecule has 0 saturated heterocycles. The van der Waals surface area contributed by atoms with Crippen LogP contribution < -0.4 is 15.4 Å². The lowest BCUT2D eigenvalue weighted by atomic mass is 9.97. The number of hydrogen-bond acceptors (Lipinski definition) is 4. The van der Waals surface area contributed by atoms with Gasteiger partial charge in [0, 0.05) is 25.5 Å². The van der Waals surface area contributed by atoms with Crippen LogP contribution in [-0.4, -0.2) is 31.1 Å². The lowest BCUT2D eigenvalue weighted by Crippen LogP contribution is -2.25. The molecule has 0 spiro atoms. The summed E-state index contributed by atoms with van der Waals surface area (Å²) in [6, 6.07) is 9.90. The standard InChI is InChI=1S/C23H29N3O2/c1-28-22-9-7-19(8-10-22)11-13-25-21-15-20(16-24-17-21)23(27)26-14-12-18-5-3-2-4-6-18/h5,7-10,15-17,25H,2-4,6,11-14H2,1H3,(H,26,27). The van der Waals surface area contributed by atoms with Gasteiger partial charge in [0.05, 0.1) is 18.4 Å². The number of allylic oxidation sites excluding steroid dienone is 1. The fourth-order valence-electron chi connectivity index (χ4n) is 3.37. The summed E-state index contributed by atoms with van der Waals surface area (Å²) in [5, 5.41) is 6.35. The molecule has 0 radical (unpaired) electrons. The van der Waals surface area contributed by atoms with Crippen LogP contribution >= 0.6 is 0 Å². The molecule has 3 rings (SSSR count). The van der Waals surface area contributed by atoms with Crippen LogP contribution in [0.1, 0.15) is 48.0 Å². The SMILES string of the molecule is COc1ccc(CCNc2cncc(C(=O)NCCC3=CCCCC3)c2)cc1. The Morgan fingerprint density at radius 3 is 2.71 bits per heavy atom. The van der Waals surface area contributed by atoms with Gasteiger partial charge in [-0.2, -0.15) is 0 Å². The first kappa shape index (κ1) is 19.9. The molecule has 0 unspecified atom stereocenters. The van der Waals surface area contributed by atoms with Gasteiger partial charge in [0.1, 0.15) is 5.75 Å². The van der Waals surface area contributed by atoms with E-state index in [2.05, 4.69) is 33.8 Å². The van der Waals surface area contributed by atoms with Crippen LogP contribution in [0.4, 0.5) is 5.69 Å². The minimum absolute atomic E-state index is 0.0669. The molecule has 5 heteroatoms. The van der Waals surface area contributed by atoms with Crippen molar-refractivity contribution in [1.29, 1.82) is 0 Å². The van der Waals surface area contributed by atoms with E-state index in [-0.39, 0.29) is 5.91 Å². The summed E-state index contributed by atoms with van der Waals surface area (Å²) >= 11 is 0. The van der Waals surface area contributed by atoms with Crippen LogP contribution in [0.25, 0.3) is 0 Å². The summed E-state index contributed by atoms with van der Waals surface area (Å²) < 4.78 is 5.18. The van der Waals surface area contributed by atoms with E-state index in [0.717, 1.165) is 30.8 Å². The highest BCUT2D eigenvalue weighted by Crippen LogP contribution is 2.19. The number of aromatic nitrogens is 1. The van der Waals surface area contributed by atoms with Crippen molar-refractivity contribution in [3.8, 4) is 5.75 Å². The molecule has 1 aromatic heterocycles. The first-order valence-corrected chi connectivity index (χ1v) is 10.0. The minimum Gasteiger partial charge on any atom is -0.497 e. The van der Waals surface area contributed by atoms with Gasteiger partial charge >= 0.3 is 0 Å². The average molecular weight is 380 g/mol. The molecule has 0 atom stereocenters. The van der Waals surface area contributed by atoms with Crippen molar-refractivity contribution in [2.45, 2.75) is 38.5 Å². The molecule has 1 aliphatic carbocycles. The second kappa shape index (κ2) is 10.5. The number of methoxy groups -OCH3 is 1. The molecule has 1 aromatic carbocycles. The molecule has 0 bridgehead atoms. The van der Waals surface area contributed by atoms with E-state index in [1.165, 1.54) is 36.8 Å². The highest BCUT2D eigenvalue weighted by atomic mass is 16.5. The van der Waals surface area contributed by atoms with Crippen molar-refractivity contribution in [3.05, 3.63) is 65.5 Å². The average Bonchev–Trinajstić information content (AvgIpc) is 2.75. The van der Waals surface area contributed by atoms with Gasteiger partial charge in [-0.25, -0.2) is 0 Å². The molecule has 0 aliphatic heterocycles. The zero-order valence-electron chi connectivity index (χ0n) is 16.5. The first-order chi connectivity index (χ1) is 13.7. The molecule has 2 N–H and O–H groups in total. The molecule has 1 heterocycles.